The van der Waals surface area contributed by atoms with E-state index in [-0.39, 0.29) is 23.3 Å². The zero-order valence-electron chi connectivity index (χ0n) is 14.1. The second kappa shape index (κ2) is 8.98. The molecule has 0 aliphatic heterocycles. The van der Waals surface area contributed by atoms with Crippen LogP contribution in [0.5, 0.6) is 5.75 Å². The van der Waals surface area contributed by atoms with E-state index in [0.717, 1.165) is 16.7 Å². The molecule has 0 heterocycles. The van der Waals surface area contributed by atoms with E-state index in [4.69, 9.17) is 17.0 Å². The fourth-order valence-electron chi connectivity index (χ4n) is 2.22. The summed E-state index contributed by atoms with van der Waals surface area (Å²) >= 11 is 5.10. The summed E-state index contributed by atoms with van der Waals surface area (Å²) in [5.74, 6) is 0.135. The van der Waals surface area contributed by atoms with Crippen molar-refractivity contribution in [3.63, 3.8) is 0 Å². The third-order valence-corrected chi connectivity index (χ3v) is 3.72. The van der Waals surface area contributed by atoms with Crippen LogP contribution >= 0.6 is 12.2 Å². The van der Waals surface area contributed by atoms with Gasteiger partial charge in [-0.1, -0.05) is 29.8 Å². The Morgan fingerprint density at radius 2 is 1.88 bits per heavy atom. The first-order valence-electron chi connectivity index (χ1n) is 7.68. The van der Waals surface area contributed by atoms with Crippen LogP contribution in [0.2, 0.25) is 0 Å². The van der Waals surface area contributed by atoms with Crippen LogP contribution < -0.4 is 20.9 Å². The zero-order valence-corrected chi connectivity index (χ0v) is 14.9. The Morgan fingerprint density at radius 3 is 2.56 bits per heavy atom. The fourth-order valence-corrected chi connectivity index (χ4v) is 2.34. The highest BCUT2D eigenvalue weighted by Crippen LogP contribution is 2.19. The molecule has 25 heavy (non-hydrogen) atoms. The minimum absolute atomic E-state index is 0.165. The first-order valence-corrected chi connectivity index (χ1v) is 8.09. The summed E-state index contributed by atoms with van der Waals surface area (Å²) in [6, 6.07) is 11.7. The van der Waals surface area contributed by atoms with Crippen molar-refractivity contribution in [2.45, 2.75) is 19.9 Å². The first-order chi connectivity index (χ1) is 12.0. The molecule has 7 heteroatoms. The number of ether oxygens (including phenoxy) is 1. The van der Waals surface area contributed by atoms with Crippen molar-refractivity contribution in [3.8, 4) is 5.75 Å². The molecule has 0 atom stereocenters. The molecule has 0 radical (unpaired) electrons. The molecule has 2 aromatic rings. The van der Waals surface area contributed by atoms with Gasteiger partial charge >= 0.3 is 0 Å². The number of carbonyl (C=O) groups excluding carboxylic acids is 1. The van der Waals surface area contributed by atoms with Gasteiger partial charge in [0.25, 0.3) is 0 Å². The van der Waals surface area contributed by atoms with Gasteiger partial charge in [0, 0.05) is 12.1 Å². The first kappa shape index (κ1) is 18.7. The number of aryl methyl sites for hydroxylation is 1. The molecule has 0 fully saturated rings. The predicted octanol–water partition coefficient (Wildman–Crippen LogP) is 2.38. The molecule has 2 aromatic carbocycles. The van der Waals surface area contributed by atoms with Gasteiger partial charge in [-0.2, -0.15) is 0 Å². The number of methoxy groups -OCH3 is 1. The molecule has 132 valence electrons. The van der Waals surface area contributed by atoms with Gasteiger partial charge in [0.15, 0.2) is 5.11 Å². The van der Waals surface area contributed by atoms with Crippen LogP contribution in [0.15, 0.2) is 42.5 Å². The minimum atomic E-state index is -0.289. The molecule has 0 saturated carbocycles. The van der Waals surface area contributed by atoms with Crippen molar-refractivity contribution in [1.82, 2.24) is 16.2 Å². The minimum Gasteiger partial charge on any atom is -0.496 e. The number of halogens is 1. The summed E-state index contributed by atoms with van der Waals surface area (Å²) in [7, 11) is 1.57. The third kappa shape index (κ3) is 6.04. The number of rotatable bonds is 5. The zero-order chi connectivity index (χ0) is 18.2. The van der Waals surface area contributed by atoms with Crippen LogP contribution in [0.4, 0.5) is 4.39 Å². The van der Waals surface area contributed by atoms with Crippen molar-refractivity contribution in [2.75, 3.05) is 7.11 Å². The van der Waals surface area contributed by atoms with Gasteiger partial charge in [0.2, 0.25) is 5.91 Å². The van der Waals surface area contributed by atoms with Gasteiger partial charge in [-0.25, -0.2) is 4.39 Å². The topological polar surface area (TPSA) is 62.4 Å². The van der Waals surface area contributed by atoms with E-state index in [1.54, 1.807) is 19.2 Å². The standard InChI is InChI=1S/C18H20FN3O2S/c1-12-3-8-16(24-2)14(9-12)10-17(23)21-22-18(25)20-11-13-4-6-15(19)7-5-13/h3-9H,10-11H2,1-2H3,(H,21,23)(H2,20,22,25). The molecule has 5 nitrogen and oxygen atoms in total. The van der Waals surface area contributed by atoms with E-state index in [2.05, 4.69) is 16.2 Å². The quantitative estimate of drug-likeness (QED) is 0.564. The van der Waals surface area contributed by atoms with Gasteiger partial charge in [0.05, 0.1) is 13.5 Å². The number of nitrogens with one attached hydrogen (secondary N) is 3. The fraction of sp³-hybridized carbons (Fsp3) is 0.222. The average Bonchev–Trinajstić information content (AvgIpc) is 2.59. The Balaban J connectivity index is 1.78. The van der Waals surface area contributed by atoms with Gasteiger partial charge in [0.1, 0.15) is 11.6 Å². The number of hydrogen-bond donors (Lipinski definition) is 3. The van der Waals surface area contributed by atoms with Gasteiger partial charge in [-0.3, -0.25) is 15.6 Å². The van der Waals surface area contributed by atoms with E-state index >= 15 is 0 Å². The summed E-state index contributed by atoms with van der Waals surface area (Å²) < 4.78 is 18.1. The molecule has 0 unspecified atom stereocenters. The lowest BCUT2D eigenvalue weighted by molar-refractivity contribution is -0.121. The highest BCUT2D eigenvalue weighted by molar-refractivity contribution is 7.80. The van der Waals surface area contributed by atoms with Gasteiger partial charge in [-0.05, 0) is 42.9 Å². The van der Waals surface area contributed by atoms with Crippen molar-refractivity contribution >= 4 is 23.2 Å². The van der Waals surface area contributed by atoms with Crippen molar-refractivity contribution in [3.05, 3.63) is 65.0 Å². The molecular formula is C18H20FN3O2S. The molecule has 0 spiro atoms. The van der Waals surface area contributed by atoms with Crippen LogP contribution in [0.1, 0.15) is 16.7 Å². The van der Waals surface area contributed by atoms with Crippen LogP contribution in [0.3, 0.4) is 0 Å². The largest absolute Gasteiger partial charge is 0.496 e. The maximum Gasteiger partial charge on any atom is 0.242 e. The highest BCUT2D eigenvalue weighted by atomic mass is 32.1. The van der Waals surface area contributed by atoms with Crippen LogP contribution in [-0.4, -0.2) is 18.1 Å². The summed E-state index contributed by atoms with van der Waals surface area (Å²) in [6.07, 6.45) is 0.165. The SMILES string of the molecule is COc1ccc(C)cc1CC(=O)NNC(=S)NCc1ccc(F)cc1. The number of amides is 1. The average molecular weight is 361 g/mol. The Bertz CT molecular complexity index is 750. The maximum absolute atomic E-state index is 12.8. The van der Waals surface area contributed by atoms with Crippen LogP contribution in [0, 0.1) is 12.7 Å². The molecule has 0 bridgehead atoms. The second-order valence-corrected chi connectivity index (χ2v) is 5.88. The monoisotopic (exact) mass is 361 g/mol. The molecular weight excluding hydrogens is 341 g/mol. The Labute approximate surface area is 151 Å². The van der Waals surface area contributed by atoms with E-state index in [1.165, 1.54) is 12.1 Å². The van der Waals surface area contributed by atoms with Crippen molar-refractivity contribution in [2.24, 2.45) is 0 Å². The normalized spacial score (nSPS) is 10.0. The van der Waals surface area contributed by atoms with Gasteiger partial charge < -0.3 is 10.1 Å². The molecule has 3 N–H and O–H groups in total. The van der Waals surface area contributed by atoms with Crippen molar-refractivity contribution < 1.29 is 13.9 Å². The van der Waals surface area contributed by atoms with E-state index < -0.39 is 0 Å². The molecule has 0 aliphatic carbocycles. The molecule has 0 aromatic heterocycles. The summed E-state index contributed by atoms with van der Waals surface area (Å²) in [6.45, 7) is 2.38. The summed E-state index contributed by atoms with van der Waals surface area (Å²) in [5, 5.41) is 3.20. The second-order valence-electron chi connectivity index (χ2n) is 5.47. The van der Waals surface area contributed by atoms with Crippen LogP contribution in [-0.2, 0) is 17.8 Å². The van der Waals surface area contributed by atoms with E-state index in [9.17, 15) is 9.18 Å². The lowest BCUT2D eigenvalue weighted by Gasteiger charge is -2.13. The van der Waals surface area contributed by atoms with Gasteiger partial charge in [-0.15, -0.1) is 0 Å². The van der Waals surface area contributed by atoms with E-state index in [1.807, 2.05) is 25.1 Å². The molecule has 0 aliphatic rings. The van der Waals surface area contributed by atoms with Crippen LogP contribution in [0.25, 0.3) is 0 Å². The Hall–Kier alpha value is -2.67. The predicted molar refractivity (Wildman–Crippen MR) is 98.6 cm³/mol. The Morgan fingerprint density at radius 1 is 1.16 bits per heavy atom. The number of carbonyl (C=O) groups is 1. The lowest BCUT2D eigenvalue weighted by Crippen LogP contribution is -2.47. The Kier molecular flexibility index (Phi) is 6.71. The highest BCUT2D eigenvalue weighted by Gasteiger charge is 2.09. The number of benzene rings is 2. The lowest BCUT2D eigenvalue weighted by atomic mass is 10.1. The molecule has 0 saturated heterocycles. The summed E-state index contributed by atoms with van der Waals surface area (Å²) in [5.41, 5.74) is 7.90. The van der Waals surface area contributed by atoms with E-state index in [0.29, 0.717) is 12.3 Å². The summed E-state index contributed by atoms with van der Waals surface area (Å²) in [4.78, 5) is 12.0. The smallest absolute Gasteiger partial charge is 0.242 e. The number of hydrogen-bond acceptors (Lipinski definition) is 3. The molecule has 1 amide bonds. The molecule has 2 rings (SSSR count). The number of hydrazine groups is 1. The van der Waals surface area contributed by atoms with Crippen molar-refractivity contribution in [1.29, 1.82) is 0 Å². The maximum atomic E-state index is 12.8. The number of thiocarbonyl (C=S) groups is 1. The third-order valence-electron chi connectivity index (χ3n) is 3.47.